The molecule has 0 saturated heterocycles. The Morgan fingerprint density at radius 2 is 1.94 bits per heavy atom. The van der Waals surface area contributed by atoms with Crippen molar-refractivity contribution in [1.82, 2.24) is 9.78 Å². The highest BCUT2D eigenvalue weighted by Gasteiger charge is 2.13. The van der Waals surface area contributed by atoms with Crippen LogP contribution in [0.2, 0.25) is 5.15 Å². The van der Waals surface area contributed by atoms with E-state index in [2.05, 4.69) is 5.10 Å². The molecule has 0 radical (unpaired) electrons. The molecule has 5 heteroatoms. The van der Waals surface area contributed by atoms with Gasteiger partial charge in [0.2, 0.25) is 0 Å². The summed E-state index contributed by atoms with van der Waals surface area (Å²) in [6.07, 6.45) is 0. The van der Waals surface area contributed by atoms with Crippen LogP contribution >= 0.6 is 11.6 Å². The fourth-order valence-electron chi connectivity index (χ4n) is 1.48. The summed E-state index contributed by atoms with van der Waals surface area (Å²) in [5.41, 5.74) is 0.905. The summed E-state index contributed by atoms with van der Waals surface area (Å²) >= 11 is 5.98. The number of halogens is 3. The predicted octanol–water partition coefficient (Wildman–Crippen LogP) is 3.93. The summed E-state index contributed by atoms with van der Waals surface area (Å²) in [4.78, 5) is 0. The largest absolute Gasteiger partial charge is 0.219 e. The Balaban J connectivity index is 2.52. The average Bonchev–Trinajstić information content (AvgIpc) is 2.61. The summed E-state index contributed by atoms with van der Waals surface area (Å²) in [6.45, 7) is 3.92. The standard InChI is InChI=1S/C12H11ClF2N2/c1-7(2)10-6-12(13)17(16-10)11-4-3-8(14)5-9(11)15/h3-7H,1-2H3. The molecule has 0 amide bonds. The van der Waals surface area contributed by atoms with Gasteiger partial charge in [-0.05, 0) is 24.1 Å². The van der Waals surface area contributed by atoms with E-state index in [1.165, 1.54) is 16.8 Å². The summed E-state index contributed by atoms with van der Waals surface area (Å²) in [7, 11) is 0. The maximum absolute atomic E-state index is 13.6. The van der Waals surface area contributed by atoms with Crippen LogP contribution in [0.5, 0.6) is 0 Å². The van der Waals surface area contributed by atoms with Gasteiger partial charge < -0.3 is 0 Å². The quantitative estimate of drug-likeness (QED) is 0.796. The Bertz CT molecular complexity index is 549. The lowest BCUT2D eigenvalue weighted by atomic mass is 10.1. The van der Waals surface area contributed by atoms with Crippen molar-refractivity contribution in [3.8, 4) is 5.69 Å². The number of aromatic nitrogens is 2. The van der Waals surface area contributed by atoms with Gasteiger partial charge in [-0.25, -0.2) is 13.5 Å². The molecule has 0 aliphatic heterocycles. The SMILES string of the molecule is CC(C)c1cc(Cl)n(-c2ccc(F)cc2F)n1. The van der Waals surface area contributed by atoms with Crippen LogP contribution in [-0.4, -0.2) is 9.78 Å². The first kappa shape index (κ1) is 12.0. The van der Waals surface area contributed by atoms with Gasteiger partial charge in [-0.2, -0.15) is 5.10 Å². The van der Waals surface area contributed by atoms with Crippen LogP contribution < -0.4 is 0 Å². The van der Waals surface area contributed by atoms with Gasteiger partial charge >= 0.3 is 0 Å². The molecule has 0 saturated carbocycles. The van der Waals surface area contributed by atoms with Crippen LogP contribution in [0.25, 0.3) is 5.69 Å². The molecular formula is C12H11ClF2N2. The smallest absolute Gasteiger partial charge is 0.151 e. The second kappa shape index (κ2) is 4.45. The van der Waals surface area contributed by atoms with E-state index < -0.39 is 11.6 Å². The van der Waals surface area contributed by atoms with Crippen LogP contribution in [0.1, 0.15) is 25.5 Å². The highest BCUT2D eigenvalue weighted by Crippen LogP contribution is 2.23. The number of benzene rings is 1. The van der Waals surface area contributed by atoms with E-state index in [4.69, 9.17) is 11.6 Å². The van der Waals surface area contributed by atoms with Gasteiger partial charge in [-0.3, -0.25) is 0 Å². The van der Waals surface area contributed by atoms with Crippen molar-refractivity contribution in [2.24, 2.45) is 0 Å². The van der Waals surface area contributed by atoms with Crippen molar-refractivity contribution >= 4 is 11.6 Å². The fourth-order valence-corrected chi connectivity index (χ4v) is 1.72. The van der Waals surface area contributed by atoms with Crippen LogP contribution in [-0.2, 0) is 0 Å². The van der Waals surface area contributed by atoms with Crippen LogP contribution in [0.4, 0.5) is 8.78 Å². The van der Waals surface area contributed by atoms with E-state index in [-0.39, 0.29) is 11.6 Å². The lowest BCUT2D eigenvalue weighted by Crippen LogP contribution is -2.01. The Labute approximate surface area is 103 Å². The molecule has 17 heavy (non-hydrogen) atoms. The summed E-state index contributed by atoms with van der Waals surface area (Å²) in [5, 5.41) is 4.50. The molecule has 0 N–H and O–H groups in total. The monoisotopic (exact) mass is 256 g/mol. The van der Waals surface area contributed by atoms with Gasteiger partial charge in [0.15, 0.2) is 5.82 Å². The van der Waals surface area contributed by atoms with Gasteiger partial charge in [0.1, 0.15) is 16.7 Å². The molecule has 1 aromatic carbocycles. The third-order valence-electron chi connectivity index (χ3n) is 2.41. The number of hydrogen-bond donors (Lipinski definition) is 0. The first-order chi connectivity index (χ1) is 7.99. The van der Waals surface area contributed by atoms with Crippen molar-refractivity contribution in [3.63, 3.8) is 0 Å². The van der Waals surface area contributed by atoms with Crippen molar-refractivity contribution in [2.45, 2.75) is 19.8 Å². The molecule has 1 aromatic heterocycles. The second-order valence-corrected chi connectivity index (χ2v) is 4.44. The third-order valence-corrected chi connectivity index (χ3v) is 2.68. The van der Waals surface area contributed by atoms with Crippen molar-refractivity contribution in [3.05, 3.63) is 46.7 Å². The zero-order valence-corrected chi connectivity index (χ0v) is 10.2. The summed E-state index contributed by atoms with van der Waals surface area (Å²) in [5.74, 6) is -1.12. The zero-order valence-electron chi connectivity index (χ0n) is 9.42. The first-order valence-electron chi connectivity index (χ1n) is 5.20. The average molecular weight is 257 g/mol. The van der Waals surface area contributed by atoms with Gasteiger partial charge in [0, 0.05) is 6.07 Å². The van der Waals surface area contributed by atoms with E-state index >= 15 is 0 Å². The van der Waals surface area contributed by atoms with E-state index in [9.17, 15) is 8.78 Å². The molecule has 0 aliphatic carbocycles. The molecule has 90 valence electrons. The molecule has 0 bridgehead atoms. The summed E-state index contributed by atoms with van der Waals surface area (Å²) < 4.78 is 27.6. The van der Waals surface area contributed by atoms with Crippen LogP contribution in [0, 0.1) is 11.6 Å². The lowest BCUT2D eigenvalue weighted by Gasteiger charge is -2.04. The first-order valence-corrected chi connectivity index (χ1v) is 5.57. The molecule has 0 fully saturated rings. The molecular weight excluding hydrogens is 246 g/mol. The van der Waals surface area contributed by atoms with E-state index in [0.717, 1.165) is 11.8 Å². The van der Waals surface area contributed by atoms with E-state index in [1.54, 1.807) is 6.07 Å². The molecule has 2 rings (SSSR count). The number of hydrogen-bond acceptors (Lipinski definition) is 1. The lowest BCUT2D eigenvalue weighted by molar-refractivity contribution is 0.572. The number of rotatable bonds is 2. The number of nitrogens with zero attached hydrogens (tertiary/aromatic N) is 2. The van der Waals surface area contributed by atoms with Crippen molar-refractivity contribution < 1.29 is 8.78 Å². The molecule has 2 aromatic rings. The predicted molar refractivity (Wildman–Crippen MR) is 62.6 cm³/mol. The summed E-state index contributed by atoms with van der Waals surface area (Å²) in [6, 6.07) is 4.97. The maximum atomic E-state index is 13.6. The van der Waals surface area contributed by atoms with E-state index in [0.29, 0.717) is 5.15 Å². The topological polar surface area (TPSA) is 17.8 Å². The van der Waals surface area contributed by atoms with Crippen molar-refractivity contribution in [1.29, 1.82) is 0 Å². The third kappa shape index (κ3) is 2.31. The second-order valence-electron chi connectivity index (χ2n) is 4.05. The van der Waals surface area contributed by atoms with E-state index in [1.807, 2.05) is 13.8 Å². The molecule has 2 nitrogen and oxygen atoms in total. The minimum Gasteiger partial charge on any atom is -0.219 e. The Kier molecular flexibility index (Phi) is 3.15. The van der Waals surface area contributed by atoms with Crippen LogP contribution in [0.15, 0.2) is 24.3 Å². The maximum Gasteiger partial charge on any atom is 0.151 e. The minimum atomic E-state index is -0.690. The molecule has 0 unspecified atom stereocenters. The molecule has 0 atom stereocenters. The zero-order chi connectivity index (χ0) is 12.6. The van der Waals surface area contributed by atoms with Crippen LogP contribution in [0.3, 0.4) is 0 Å². The molecule has 0 aliphatic rings. The Morgan fingerprint density at radius 1 is 1.24 bits per heavy atom. The van der Waals surface area contributed by atoms with Gasteiger partial charge in [0.05, 0.1) is 5.69 Å². The van der Waals surface area contributed by atoms with Gasteiger partial charge in [-0.15, -0.1) is 0 Å². The van der Waals surface area contributed by atoms with Gasteiger partial charge in [-0.1, -0.05) is 25.4 Å². The van der Waals surface area contributed by atoms with Crippen molar-refractivity contribution in [2.75, 3.05) is 0 Å². The fraction of sp³-hybridized carbons (Fsp3) is 0.250. The molecule has 0 spiro atoms. The highest BCUT2D eigenvalue weighted by atomic mass is 35.5. The highest BCUT2D eigenvalue weighted by molar-refractivity contribution is 6.29. The normalized spacial score (nSPS) is 11.2. The Morgan fingerprint density at radius 3 is 2.47 bits per heavy atom. The van der Waals surface area contributed by atoms with Gasteiger partial charge in [0.25, 0.3) is 0 Å². The molecule has 1 heterocycles. The Hall–Kier alpha value is -1.42. The minimum absolute atomic E-state index is 0.142.